The molecule has 0 aromatic carbocycles. The molecule has 1 heterocycles. The molecule has 104 valence electrons. The Morgan fingerprint density at radius 1 is 1.33 bits per heavy atom. The molecule has 0 radical (unpaired) electrons. The normalized spacial score (nSPS) is 19.5. The molecule has 0 aromatic heterocycles. The maximum Gasteiger partial charge on any atom is 0.243 e. The summed E-state index contributed by atoms with van der Waals surface area (Å²) in [5.74, 6) is 0.548. The highest BCUT2D eigenvalue weighted by Crippen LogP contribution is 2.10. The predicted molar refractivity (Wildman–Crippen MR) is 74.5 cm³/mol. The maximum absolute atomic E-state index is 11.5. The summed E-state index contributed by atoms with van der Waals surface area (Å²) < 4.78 is 5.27. The minimum atomic E-state index is 0.0375. The molecular formula is C15H27NO2. The summed E-state index contributed by atoms with van der Waals surface area (Å²) in [6, 6.07) is 0. The molecule has 18 heavy (non-hydrogen) atoms. The molecule has 3 nitrogen and oxygen atoms in total. The number of hydrogen-bond acceptors (Lipinski definition) is 2. The van der Waals surface area contributed by atoms with E-state index in [0.29, 0.717) is 5.92 Å². The first-order chi connectivity index (χ1) is 8.83. The standard InChI is InChI=1S/C15H27NO2/c1-2-3-4-5-6-7-8-9-15(17)16-12-14-10-11-18-13-14/h8-9,14H,2-7,10-13H2,1H3,(H,16,17)/b9-8+. The van der Waals surface area contributed by atoms with Crippen LogP contribution in [0.5, 0.6) is 0 Å². The van der Waals surface area contributed by atoms with Gasteiger partial charge in [0.15, 0.2) is 0 Å². The van der Waals surface area contributed by atoms with E-state index < -0.39 is 0 Å². The van der Waals surface area contributed by atoms with Gasteiger partial charge in [-0.25, -0.2) is 0 Å². The third-order valence-corrected chi connectivity index (χ3v) is 3.33. The smallest absolute Gasteiger partial charge is 0.243 e. The van der Waals surface area contributed by atoms with E-state index in [2.05, 4.69) is 12.2 Å². The van der Waals surface area contributed by atoms with Crippen LogP contribution in [0.2, 0.25) is 0 Å². The van der Waals surface area contributed by atoms with Crippen LogP contribution in [0, 0.1) is 5.92 Å². The average Bonchev–Trinajstić information content (AvgIpc) is 2.88. The first-order valence-corrected chi connectivity index (χ1v) is 7.35. The van der Waals surface area contributed by atoms with Crippen molar-refractivity contribution in [3.05, 3.63) is 12.2 Å². The maximum atomic E-state index is 11.5. The molecule has 1 saturated heterocycles. The molecule has 1 unspecified atom stereocenters. The van der Waals surface area contributed by atoms with Crippen LogP contribution >= 0.6 is 0 Å². The zero-order valence-electron chi connectivity index (χ0n) is 11.6. The lowest BCUT2D eigenvalue weighted by atomic mass is 10.1. The van der Waals surface area contributed by atoms with Crippen molar-refractivity contribution in [3.63, 3.8) is 0 Å². The summed E-state index contributed by atoms with van der Waals surface area (Å²) in [6.07, 6.45) is 12.2. The third kappa shape index (κ3) is 7.49. The molecule has 1 rings (SSSR count). The number of amides is 1. The van der Waals surface area contributed by atoms with Crippen LogP contribution in [0.4, 0.5) is 0 Å². The second-order valence-corrected chi connectivity index (χ2v) is 5.08. The quantitative estimate of drug-likeness (QED) is 0.506. The number of carbonyl (C=O) groups excluding carboxylic acids is 1. The van der Waals surface area contributed by atoms with Crippen LogP contribution in [0.3, 0.4) is 0 Å². The molecule has 0 bridgehead atoms. The van der Waals surface area contributed by atoms with Gasteiger partial charge in [-0.15, -0.1) is 0 Å². The van der Waals surface area contributed by atoms with Gasteiger partial charge in [-0.1, -0.05) is 38.7 Å². The zero-order chi connectivity index (χ0) is 13.1. The van der Waals surface area contributed by atoms with Gasteiger partial charge < -0.3 is 10.1 Å². The van der Waals surface area contributed by atoms with Gasteiger partial charge in [0.2, 0.25) is 5.91 Å². The van der Waals surface area contributed by atoms with Gasteiger partial charge in [-0.05, 0) is 25.3 Å². The van der Waals surface area contributed by atoms with Gasteiger partial charge in [0.25, 0.3) is 0 Å². The van der Waals surface area contributed by atoms with Crippen molar-refractivity contribution in [2.75, 3.05) is 19.8 Å². The lowest BCUT2D eigenvalue weighted by Gasteiger charge is -2.07. The van der Waals surface area contributed by atoms with E-state index in [4.69, 9.17) is 4.74 Å². The number of ether oxygens (including phenoxy) is 1. The van der Waals surface area contributed by atoms with Crippen LogP contribution in [-0.2, 0) is 9.53 Å². The van der Waals surface area contributed by atoms with Crippen molar-refractivity contribution in [2.24, 2.45) is 5.92 Å². The molecule has 0 aliphatic carbocycles. The first-order valence-electron chi connectivity index (χ1n) is 7.35. The van der Waals surface area contributed by atoms with Crippen LogP contribution in [0.1, 0.15) is 51.9 Å². The van der Waals surface area contributed by atoms with Crippen molar-refractivity contribution < 1.29 is 9.53 Å². The van der Waals surface area contributed by atoms with Gasteiger partial charge in [0, 0.05) is 19.1 Å². The monoisotopic (exact) mass is 253 g/mol. The summed E-state index contributed by atoms with van der Waals surface area (Å²) in [5, 5.41) is 2.93. The van der Waals surface area contributed by atoms with E-state index in [0.717, 1.165) is 32.6 Å². The van der Waals surface area contributed by atoms with Crippen LogP contribution in [0.15, 0.2) is 12.2 Å². The molecule has 0 aromatic rings. The molecule has 0 spiro atoms. The summed E-state index contributed by atoms with van der Waals surface area (Å²) in [7, 11) is 0. The highest BCUT2D eigenvalue weighted by atomic mass is 16.5. The summed E-state index contributed by atoms with van der Waals surface area (Å²) in [4.78, 5) is 11.5. The second-order valence-electron chi connectivity index (χ2n) is 5.08. The van der Waals surface area contributed by atoms with Crippen molar-refractivity contribution in [1.82, 2.24) is 5.32 Å². The molecule has 1 fully saturated rings. The summed E-state index contributed by atoms with van der Waals surface area (Å²) in [6.45, 7) is 4.61. The van der Waals surface area contributed by atoms with Gasteiger partial charge >= 0.3 is 0 Å². The highest BCUT2D eigenvalue weighted by Gasteiger charge is 2.15. The summed E-state index contributed by atoms with van der Waals surface area (Å²) in [5.41, 5.74) is 0. The fraction of sp³-hybridized carbons (Fsp3) is 0.800. The Morgan fingerprint density at radius 3 is 2.89 bits per heavy atom. The number of hydrogen-bond donors (Lipinski definition) is 1. The summed E-state index contributed by atoms with van der Waals surface area (Å²) >= 11 is 0. The fourth-order valence-electron chi connectivity index (χ4n) is 2.10. The van der Waals surface area contributed by atoms with E-state index in [1.54, 1.807) is 6.08 Å². The van der Waals surface area contributed by atoms with E-state index in [1.807, 2.05) is 6.08 Å². The fourth-order valence-corrected chi connectivity index (χ4v) is 2.10. The second kappa shape index (κ2) is 10.1. The Hall–Kier alpha value is -0.830. The predicted octanol–water partition coefficient (Wildman–Crippen LogP) is 3.06. The van der Waals surface area contributed by atoms with Gasteiger partial charge in [0.05, 0.1) is 6.61 Å². The van der Waals surface area contributed by atoms with Crippen molar-refractivity contribution in [3.8, 4) is 0 Å². The zero-order valence-corrected chi connectivity index (χ0v) is 11.6. The Labute approximate surface area is 111 Å². The lowest BCUT2D eigenvalue weighted by molar-refractivity contribution is -0.116. The van der Waals surface area contributed by atoms with Gasteiger partial charge in [-0.3, -0.25) is 4.79 Å². The SMILES string of the molecule is CCCCCCC/C=C/C(=O)NCC1CCOC1. The Balaban J connectivity index is 1.94. The van der Waals surface area contributed by atoms with Crippen molar-refractivity contribution in [2.45, 2.75) is 51.9 Å². The molecule has 1 atom stereocenters. The Bertz CT molecular complexity index is 245. The van der Waals surface area contributed by atoms with E-state index in [-0.39, 0.29) is 5.91 Å². The molecule has 1 aliphatic rings. The number of nitrogens with one attached hydrogen (secondary N) is 1. The van der Waals surface area contributed by atoms with E-state index in [9.17, 15) is 4.79 Å². The number of allylic oxidation sites excluding steroid dienone is 1. The third-order valence-electron chi connectivity index (χ3n) is 3.33. The number of unbranched alkanes of at least 4 members (excludes halogenated alkanes) is 5. The largest absolute Gasteiger partial charge is 0.381 e. The Morgan fingerprint density at radius 2 is 2.17 bits per heavy atom. The van der Waals surface area contributed by atoms with E-state index in [1.165, 1.54) is 32.1 Å². The van der Waals surface area contributed by atoms with Gasteiger partial charge in [0.1, 0.15) is 0 Å². The number of carbonyl (C=O) groups is 1. The Kier molecular flexibility index (Phi) is 8.57. The van der Waals surface area contributed by atoms with Crippen molar-refractivity contribution in [1.29, 1.82) is 0 Å². The highest BCUT2D eigenvalue weighted by molar-refractivity contribution is 5.87. The van der Waals surface area contributed by atoms with E-state index >= 15 is 0 Å². The van der Waals surface area contributed by atoms with Gasteiger partial charge in [-0.2, -0.15) is 0 Å². The molecule has 1 aliphatic heterocycles. The minimum Gasteiger partial charge on any atom is -0.381 e. The first kappa shape index (κ1) is 15.2. The van der Waals surface area contributed by atoms with Crippen molar-refractivity contribution >= 4 is 5.91 Å². The lowest BCUT2D eigenvalue weighted by Crippen LogP contribution is -2.27. The van der Waals surface area contributed by atoms with Crippen LogP contribution in [-0.4, -0.2) is 25.7 Å². The molecular weight excluding hydrogens is 226 g/mol. The average molecular weight is 253 g/mol. The molecule has 1 N–H and O–H groups in total. The van der Waals surface area contributed by atoms with Crippen LogP contribution in [0.25, 0.3) is 0 Å². The number of rotatable bonds is 9. The minimum absolute atomic E-state index is 0.0375. The van der Waals surface area contributed by atoms with Crippen LogP contribution < -0.4 is 5.32 Å². The molecule has 3 heteroatoms. The molecule has 0 saturated carbocycles. The topological polar surface area (TPSA) is 38.3 Å². The molecule has 1 amide bonds.